The maximum absolute atomic E-state index is 10.2. The van der Waals surface area contributed by atoms with Crippen LogP contribution in [-0.4, -0.2) is 30.6 Å². The monoisotopic (exact) mass is 288 g/mol. The zero-order valence-corrected chi connectivity index (χ0v) is 14.0. The van der Waals surface area contributed by atoms with Crippen LogP contribution in [0, 0.1) is 0 Å². The third-order valence-corrected chi connectivity index (χ3v) is 3.24. The van der Waals surface area contributed by atoms with Crippen LogP contribution >= 0.6 is 0 Å². The Hall–Kier alpha value is -0.610. The minimum Gasteiger partial charge on any atom is -0.463 e. The second kappa shape index (κ2) is 11.1. The lowest BCUT2D eigenvalue weighted by atomic mass is 10.1. The van der Waals surface area contributed by atoms with E-state index in [1.54, 1.807) is 0 Å². The van der Waals surface area contributed by atoms with Crippen LogP contribution < -0.4 is 0 Å². The fourth-order valence-electron chi connectivity index (χ4n) is 1.99. The van der Waals surface area contributed by atoms with Crippen LogP contribution in [0.1, 0.15) is 73.6 Å². The van der Waals surface area contributed by atoms with Crippen molar-refractivity contribution in [2.75, 3.05) is 0 Å². The molecular formula is C16H32O4. The number of esters is 1. The summed E-state index contributed by atoms with van der Waals surface area (Å²) < 4.78 is 16.1. The first kappa shape index (κ1) is 19.4. The molecule has 0 aromatic heterocycles. The Labute approximate surface area is 124 Å². The zero-order valence-electron chi connectivity index (χ0n) is 14.0. The molecule has 1 heterocycles. The minimum atomic E-state index is -0.195. The number of rotatable bonds is 5. The molecule has 4 atom stereocenters. The molecule has 4 heteroatoms. The summed E-state index contributed by atoms with van der Waals surface area (Å²) in [5.74, 6) is -0.195. The summed E-state index contributed by atoms with van der Waals surface area (Å²) >= 11 is 0. The average Bonchev–Trinajstić information content (AvgIpc) is 2.38. The Balaban J connectivity index is 0.000000396. The highest BCUT2D eigenvalue weighted by atomic mass is 16.7. The van der Waals surface area contributed by atoms with Crippen molar-refractivity contribution in [2.45, 2.75) is 98.2 Å². The van der Waals surface area contributed by atoms with Gasteiger partial charge in [0.05, 0.1) is 18.3 Å². The van der Waals surface area contributed by atoms with Gasteiger partial charge >= 0.3 is 5.97 Å². The third-order valence-electron chi connectivity index (χ3n) is 3.24. The van der Waals surface area contributed by atoms with E-state index in [4.69, 9.17) is 14.2 Å². The van der Waals surface area contributed by atoms with Crippen LogP contribution in [0.5, 0.6) is 0 Å². The summed E-state index contributed by atoms with van der Waals surface area (Å²) in [4.78, 5) is 10.2. The Morgan fingerprint density at radius 1 is 1.30 bits per heavy atom. The first-order valence-corrected chi connectivity index (χ1v) is 7.90. The van der Waals surface area contributed by atoms with E-state index in [1.807, 2.05) is 13.8 Å². The maximum Gasteiger partial charge on any atom is 0.302 e. The topological polar surface area (TPSA) is 44.8 Å². The molecule has 0 aliphatic carbocycles. The van der Waals surface area contributed by atoms with Crippen molar-refractivity contribution >= 4 is 5.97 Å². The molecule has 0 N–H and O–H groups in total. The molecular weight excluding hydrogens is 256 g/mol. The van der Waals surface area contributed by atoms with Crippen molar-refractivity contribution in [3.63, 3.8) is 0 Å². The maximum atomic E-state index is 10.2. The van der Waals surface area contributed by atoms with Gasteiger partial charge in [-0.15, -0.1) is 0 Å². The Morgan fingerprint density at radius 2 is 1.95 bits per heavy atom. The molecule has 0 amide bonds. The molecule has 120 valence electrons. The van der Waals surface area contributed by atoms with Gasteiger partial charge in [-0.1, -0.05) is 27.2 Å². The first-order chi connectivity index (χ1) is 9.42. The summed E-state index contributed by atoms with van der Waals surface area (Å²) in [6.45, 7) is 11.7. The molecule has 1 aliphatic heterocycles. The molecule has 0 bridgehead atoms. The van der Waals surface area contributed by atoms with Gasteiger partial charge in [-0.3, -0.25) is 4.79 Å². The van der Waals surface area contributed by atoms with E-state index in [2.05, 4.69) is 20.8 Å². The van der Waals surface area contributed by atoms with Crippen molar-refractivity contribution < 1.29 is 19.0 Å². The molecule has 1 fully saturated rings. The molecule has 4 nitrogen and oxygen atoms in total. The molecule has 0 aromatic carbocycles. The van der Waals surface area contributed by atoms with Crippen LogP contribution in [0.15, 0.2) is 0 Å². The van der Waals surface area contributed by atoms with Gasteiger partial charge in [-0.2, -0.15) is 0 Å². The molecule has 1 rings (SSSR count). The predicted octanol–water partition coefficient (Wildman–Crippen LogP) is 4.06. The van der Waals surface area contributed by atoms with Gasteiger partial charge in [0.1, 0.15) is 0 Å². The highest BCUT2D eigenvalue weighted by molar-refractivity contribution is 5.66. The molecule has 0 spiro atoms. The number of hydrogen-bond donors (Lipinski definition) is 0. The molecule has 1 saturated heterocycles. The molecule has 4 unspecified atom stereocenters. The van der Waals surface area contributed by atoms with Crippen molar-refractivity contribution in [2.24, 2.45) is 0 Å². The van der Waals surface area contributed by atoms with E-state index in [0.717, 1.165) is 32.1 Å². The molecule has 20 heavy (non-hydrogen) atoms. The summed E-state index contributed by atoms with van der Waals surface area (Å²) in [6, 6.07) is 0. The molecule has 1 aliphatic rings. The van der Waals surface area contributed by atoms with Crippen LogP contribution in [0.2, 0.25) is 0 Å². The van der Waals surface area contributed by atoms with E-state index >= 15 is 0 Å². The number of hydrogen-bond acceptors (Lipinski definition) is 4. The summed E-state index contributed by atoms with van der Waals surface area (Å²) in [5, 5.41) is 0. The standard InChI is InChI=1S/C10H20O2.C6H12O2/c1-4-6-10-11-8(3)7-9(5-2)12-10;1-4-5(2)8-6(3)7/h8-10H,4-7H2,1-3H3;5H,4H2,1-3H3. The van der Waals surface area contributed by atoms with Gasteiger partial charge in [-0.05, 0) is 39.5 Å². The number of ether oxygens (including phenoxy) is 3. The predicted molar refractivity (Wildman–Crippen MR) is 80.5 cm³/mol. The van der Waals surface area contributed by atoms with Crippen molar-refractivity contribution in [1.82, 2.24) is 0 Å². The zero-order chi connectivity index (χ0) is 15.5. The summed E-state index contributed by atoms with van der Waals surface area (Å²) in [6.07, 6.45) is 6.14. The fourth-order valence-corrected chi connectivity index (χ4v) is 1.99. The molecule has 0 saturated carbocycles. The van der Waals surface area contributed by atoms with Gasteiger partial charge < -0.3 is 14.2 Å². The second-order valence-electron chi connectivity index (χ2n) is 5.40. The smallest absolute Gasteiger partial charge is 0.302 e. The summed E-state index contributed by atoms with van der Waals surface area (Å²) in [7, 11) is 0. The number of carbonyl (C=O) groups excluding carboxylic acids is 1. The van der Waals surface area contributed by atoms with Crippen LogP contribution in [0.4, 0.5) is 0 Å². The SMILES string of the molecule is CCC(C)OC(C)=O.CCCC1OC(C)CC(CC)O1. The van der Waals surface area contributed by atoms with Gasteiger partial charge in [0.15, 0.2) is 6.29 Å². The van der Waals surface area contributed by atoms with E-state index in [-0.39, 0.29) is 18.4 Å². The van der Waals surface area contributed by atoms with E-state index in [0.29, 0.717) is 12.2 Å². The Kier molecular flexibility index (Phi) is 10.8. The third kappa shape index (κ3) is 9.32. The minimum absolute atomic E-state index is 0.0590. The van der Waals surface area contributed by atoms with Crippen molar-refractivity contribution in [3.05, 3.63) is 0 Å². The van der Waals surface area contributed by atoms with Crippen molar-refractivity contribution in [3.8, 4) is 0 Å². The Morgan fingerprint density at radius 3 is 2.35 bits per heavy atom. The van der Waals surface area contributed by atoms with Gasteiger partial charge in [0.2, 0.25) is 0 Å². The lowest BCUT2D eigenvalue weighted by Gasteiger charge is -2.33. The largest absolute Gasteiger partial charge is 0.463 e. The molecule has 0 aromatic rings. The van der Waals surface area contributed by atoms with Gasteiger partial charge in [0.25, 0.3) is 0 Å². The van der Waals surface area contributed by atoms with Crippen LogP contribution in [0.3, 0.4) is 0 Å². The highest BCUT2D eigenvalue weighted by Crippen LogP contribution is 2.22. The van der Waals surface area contributed by atoms with E-state index in [1.165, 1.54) is 6.92 Å². The quantitative estimate of drug-likeness (QED) is 0.715. The first-order valence-electron chi connectivity index (χ1n) is 7.90. The molecule has 0 radical (unpaired) electrons. The highest BCUT2D eigenvalue weighted by Gasteiger charge is 2.25. The second-order valence-corrected chi connectivity index (χ2v) is 5.40. The number of carbonyl (C=O) groups is 1. The normalized spacial score (nSPS) is 27.2. The fraction of sp³-hybridized carbons (Fsp3) is 0.938. The van der Waals surface area contributed by atoms with E-state index < -0.39 is 0 Å². The van der Waals surface area contributed by atoms with Gasteiger partial charge in [-0.25, -0.2) is 0 Å². The summed E-state index contributed by atoms with van der Waals surface area (Å²) in [5.41, 5.74) is 0. The average molecular weight is 288 g/mol. The van der Waals surface area contributed by atoms with Gasteiger partial charge in [0, 0.05) is 6.92 Å². The Bertz CT molecular complexity index is 255. The van der Waals surface area contributed by atoms with Crippen molar-refractivity contribution in [1.29, 1.82) is 0 Å². The lowest BCUT2D eigenvalue weighted by molar-refractivity contribution is -0.240. The van der Waals surface area contributed by atoms with Crippen LogP contribution in [-0.2, 0) is 19.0 Å². The van der Waals surface area contributed by atoms with Crippen LogP contribution in [0.25, 0.3) is 0 Å². The lowest BCUT2D eigenvalue weighted by Crippen LogP contribution is -2.36. The van der Waals surface area contributed by atoms with E-state index in [9.17, 15) is 4.79 Å².